The van der Waals surface area contributed by atoms with Gasteiger partial charge in [0.25, 0.3) is 0 Å². The van der Waals surface area contributed by atoms with Gasteiger partial charge < -0.3 is 5.11 Å². The number of rotatable bonds is 3. The molecule has 0 bridgehead atoms. The lowest BCUT2D eigenvalue weighted by molar-refractivity contribution is 0.0691. The van der Waals surface area contributed by atoms with Crippen LogP contribution in [0.25, 0.3) is 0 Å². The van der Waals surface area contributed by atoms with Gasteiger partial charge in [-0.05, 0) is 12.8 Å². The Hall–Kier alpha value is -1.50. The summed E-state index contributed by atoms with van der Waals surface area (Å²) in [5.74, 6) is -0.881. The van der Waals surface area contributed by atoms with E-state index in [1.54, 1.807) is 0 Å². The van der Waals surface area contributed by atoms with E-state index in [0.29, 0.717) is 13.1 Å². The fraction of sp³-hybridized carbons (Fsp3) is 0.556. The van der Waals surface area contributed by atoms with Crippen LogP contribution in [-0.2, 0) is 0 Å². The predicted molar refractivity (Wildman–Crippen MR) is 58.4 cm³/mol. The van der Waals surface area contributed by atoms with Crippen LogP contribution in [0, 0.1) is 4.91 Å². The molecule has 1 fully saturated rings. The smallest absolute Gasteiger partial charge is 0.355 e. The molecule has 1 N–H and O–H groups in total. The molecule has 0 saturated carbocycles. The number of hydrogen-bond donors (Lipinski definition) is 1. The Kier molecular flexibility index (Phi) is 3.14. The fourth-order valence-corrected chi connectivity index (χ4v) is 2.73. The molecule has 0 aromatic carbocycles. The lowest BCUT2D eigenvalue weighted by atomic mass is 10.00. The first-order valence-electron chi connectivity index (χ1n) is 4.97. The molecular formula is C9H11N3O3S. The zero-order valence-electron chi connectivity index (χ0n) is 8.50. The second-order valence-corrected chi connectivity index (χ2v) is 4.60. The molecule has 0 spiro atoms. The number of hydrogen-bond acceptors (Lipinski definition) is 5. The largest absolute Gasteiger partial charge is 0.476 e. The molecule has 1 atom stereocenters. The Morgan fingerprint density at radius 3 is 3.12 bits per heavy atom. The summed E-state index contributed by atoms with van der Waals surface area (Å²) in [6.07, 6.45) is 1.82. The van der Waals surface area contributed by atoms with E-state index in [4.69, 9.17) is 5.11 Å². The summed E-state index contributed by atoms with van der Waals surface area (Å²) < 4.78 is 0. The van der Waals surface area contributed by atoms with Crippen molar-refractivity contribution in [2.45, 2.75) is 18.8 Å². The van der Waals surface area contributed by atoms with E-state index in [1.807, 2.05) is 0 Å². The topological polar surface area (TPSA) is 82.9 Å². The zero-order valence-corrected chi connectivity index (χ0v) is 9.31. The highest BCUT2D eigenvalue weighted by Crippen LogP contribution is 2.29. The van der Waals surface area contributed by atoms with Gasteiger partial charge in [-0.2, -0.15) is 0 Å². The maximum absolute atomic E-state index is 10.7. The van der Waals surface area contributed by atoms with Gasteiger partial charge in [-0.1, -0.05) is 0 Å². The van der Waals surface area contributed by atoms with Crippen LogP contribution in [-0.4, -0.2) is 34.2 Å². The van der Waals surface area contributed by atoms with Crippen molar-refractivity contribution in [2.75, 3.05) is 13.1 Å². The van der Waals surface area contributed by atoms with Gasteiger partial charge in [0.05, 0.1) is 10.3 Å². The van der Waals surface area contributed by atoms with E-state index in [2.05, 4.69) is 10.3 Å². The van der Waals surface area contributed by atoms with Crippen LogP contribution in [0.1, 0.15) is 34.3 Å². The maximum atomic E-state index is 10.7. The van der Waals surface area contributed by atoms with Crippen LogP contribution in [0.3, 0.4) is 0 Å². The Morgan fingerprint density at radius 1 is 1.69 bits per heavy atom. The van der Waals surface area contributed by atoms with Crippen LogP contribution >= 0.6 is 11.3 Å². The minimum atomic E-state index is -1.01. The predicted octanol–water partition coefficient (Wildman–Crippen LogP) is 1.70. The molecule has 1 aromatic heterocycles. The number of aromatic nitrogens is 1. The highest BCUT2D eigenvalue weighted by Gasteiger charge is 2.24. The van der Waals surface area contributed by atoms with Crippen LogP contribution in [0.15, 0.2) is 10.7 Å². The number of carboxylic acids is 1. The summed E-state index contributed by atoms with van der Waals surface area (Å²) in [7, 11) is 0. The van der Waals surface area contributed by atoms with E-state index in [1.165, 1.54) is 21.7 Å². The van der Waals surface area contributed by atoms with E-state index in [-0.39, 0.29) is 11.6 Å². The van der Waals surface area contributed by atoms with Gasteiger partial charge in [-0.25, -0.2) is 9.78 Å². The van der Waals surface area contributed by atoms with Crippen molar-refractivity contribution in [3.8, 4) is 0 Å². The van der Waals surface area contributed by atoms with Crippen LogP contribution in [0.2, 0.25) is 0 Å². The van der Waals surface area contributed by atoms with E-state index in [9.17, 15) is 9.70 Å². The van der Waals surface area contributed by atoms with Gasteiger partial charge in [0.15, 0.2) is 5.69 Å². The van der Waals surface area contributed by atoms with E-state index in [0.717, 1.165) is 17.8 Å². The summed E-state index contributed by atoms with van der Waals surface area (Å²) in [5.41, 5.74) is 0.0798. The molecule has 0 radical (unpaired) electrons. The van der Waals surface area contributed by atoms with Crippen molar-refractivity contribution in [2.24, 2.45) is 5.29 Å². The second-order valence-electron chi connectivity index (χ2n) is 3.71. The summed E-state index contributed by atoms with van der Waals surface area (Å²) in [6, 6.07) is 0. The molecule has 1 aliphatic heterocycles. The fourth-order valence-electron chi connectivity index (χ4n) is 1.81. The molecule has 16 heavy (non-hydrogen) atoms. The second kappa shape index (κ2) is 4.56. The number of thiazole rings is 1. The molecule has 1 unspecified atom stereocenters. The Labute approximate surface area is 95.9 Å². The molecule has 1 saturated heterocycles. The molecule has 86 valence electrons. The molecule has 2 rings (SSSR count). The van der Waals surface area contributed by atoms with Crippen molar-refractivity contribution < 1.29 is 9.90 Å². The average Bonchev–Trinajstić information content (AvgIpc) is 2.78. The number of aromatic carboxylic acids is 1. The average molecular weight is 241 g/mol. The highest BCUT2D eigenvalue weighted by molar-refractivity contribution is 7.09. The summed E-state index contributed by atoms with van der Waals surface area (Å²) in [4.78, 5) is 25.1. The van der Waals surface area contributed by atoms with E-state index < -0.39 is 5.97 Å². The monoisotopic (exact) mass is 241 g/mol. The third kappa shape index (κ3) is 2.19. The third-order valence-corrected chi connectivity index (χ3v) is 3.61. The zero-order chi connectivity index (χ0) is 11.5. The van der Waals surface area contributed by atoms with Crippen LogP contribution < -0.4 is 0 Å². The summed E-state index contributed by atoms with van der Waals surface area (Å²) in [5, 5.41) is 15.5. The van der Waals surface area contributed by atoms with Gasteiger partial charge >= 0.3 is 5.97 Å². The van der Waals surface area contributed by atoms with Gasteiger partial charge in [0.1, 0.15) is 0 Å². The van der Waals surface area contributed by atoms with Crippen LogP contribution in [0.5, 0.6) is 0 Å². The molecule has 2 heterocycles. The van der Waals surface area contributed by atoms with Gasteiger partial charge in [0.2, 0.25) is 0 Å². The van der Waals surface area contributed by atoms with Gasteiger partial charge in [-0.15, -0.1) is 16.2 Å². The molecule has 7 heteroatoms. The first-order valence-corrected chi connectivity index (χ1v) is 5.85. The molecule has 0 amide bonds. The number of carbonyl (C=O) groups is 1. The lowest BCUT2D eigenvalue weighted by Gasteiger charge is -2.26. The number of carboxylic acid groups (broad SMARTS) is 1. The summed E-state index contributed by atoms with van der Waals surface area (Å²) >= 11 is 1.33. The quantitative estimate of drug-likeness (QED) is 0.814. The van der Waals surface area contributed by atoms with Crippen molar-refractivity contribution in [1.29, 1.82) is 0 Å². The molecule has 1 aromatic rings. The first kappa shape index (κ1) is 11.0. The number of nitroso groups, excluding NO2 is 1. The minimum absolute atomic E-state index is 0.0798. The molecule has 0 aliphatic carbocycles. The van der Waals surface area contributed by atoms with E-state index >= 15 is 0 Å². The maximum Gasteiger partial charge on any atom is 0.355 e. The molecule has 1 aliphatic rings. The summed E-state index contributed by atoms with van der Waals surface area (Å²) in [6.45, 7) is 1.22. The van der Waals surface area contributed by atoms with Crippen molar-refractivity contribution >= 4 is 17.3 Å². The molecule has 6 nitrogen and oxygen atoms in total. The normalized spacial score (nSPS) is 20.8. The lowest BCUT2D eigenvalue weighted by Crippen LogP contribution is -2.29. The van der Waals surface area contributed by atoms with Gasteiger partial charge in [-0.3, -0.25) is 5.01 Å². The Balaban J connectivity index is 2.10. The first-order chi connectivity index (χ1) is 7.70. The number of nitrogens with zero attached hydrogens (tertiary/aromatic N) is 3. The Bertz CT molecular complexity index is 406. The number of piperidine rings is 1. The molecular weight excluding hydrogens is 230 g/mol. The van der Waals surface area contributed by atoms with Gasteiger partial charge in [0, 0.05) is 24.4 Å². The van der Waals surface area contributed by atoms with Crippen molar-refractivity contribution in [3.63, 3.8) is 0 Å². The Morgan fingerprint density at radius 2 is 2.50 bits per heavy atom. The minimum Gasteiger partial charge on any atom is -0.476 e. The standard InChI is InChI=1S/C9H11N3O3S/c13-9(14)7-5-16-8(10-7)6-2-1-3-12(4-6)11-15/h5-6H,1-4H2,(H,13,14). The SMILES string of the molecule is O=NN1CCCC(c2nc(C(=O)O)cs2)C1. The third-order valence-electron chi connectivity index (χ3n) is 2.61. The van der Waals surface area contributed by atoms with Crippen LogP contribution in [0.4, 0.5) is 0 Å². The highest BCUT2D eigenvalue weighted by atomic mass is 32.1. The van der Waals surface area contributed by atoms with Crippen molar-refractivity contribution in [3.05, 3.63) is 21.0 Å². The van der Waals surface area contributed by atoms with Crippen molar-refractivity contribution in [1.82, 2.24) is 9.99 Å².